The molecule has 10 rings (SSSR count). The topological polar surface area (TPSA) is 20.2 Å². The van der Waals surface area contributed by atoms with Gasteiger partial charge in [0.25, 0.3) is 0 Å². The van der Waals surface area contributed by atoms with Crippen molar-refractivity contribution in [2.45, 2.75) is 0 Å². The molecule has 1 aromatic heterocycles. The third kappa shape index (κ3) is 4.44. The number of fused-ring (bicyclic) bond motifs is 8. The van der Waals surface area contributed by atoms with Gasteiger partial charge in [-0.2, -0.15) is 0 Å². The summed E-state index contributed by atoms with van der Waals surface area (Å²) in [7, 11) is 0. The minimum atomic E-state index is 0.766. The first-order valence-corrected chi connectivity index (χ1v) is 17.2. The highest BCUT2D eigenvalue weighted by atomic mass is 15.2. The summed E-state index contributed by atoms with van der Waals surface area (Å²) in [4.78, 5) is 2.45. The highest BCUT2D eigenvalue weighted by molar-refractivity contribution is 6.12. The zero-order valence-electron chi connectivity index (χ0n) is 27.4. The Hall–Kier alpha value is -6.58. The van der Waals surface area contributed by atoms with Gasteiger partial charge in [-0.1, -0.05) is 140 Å². The predicted octanol–water partition coefficient (Wildman–Crippen LogP) is 11.8. The van der Waals surface area contributed by atoms with Crippen LogP contribution in [-0.2, 0) is 0 Å². The molecule has 0 spiro atoms. The lowest BCUT2D eigenvalue weighted by Crippen LogP contribution is -2.23. The number of rotatable bonds is 4. The predicted molar refractivity (Wildman–Crippen MR) is 210 cm³/mol. The zero-order valence-corrected chi connectivity index (χ0v) is 27.4. The van der Waals surface area contributed by atoms with Crippen LogP contribution in [0.25, 0.3) is 66.4 Å². The van der Waals surface area contributed by atoms with Crippen molar-refractivity contribution in [2.75, 3.05) is 11.4 Å². The normalized spacial score (nSPS) is 13.5. The van der Waals surface area contributed by atoms with Crippen LogP contribution < -0.4 is 10.2 Å². The lowest BCUT2D eigenvalue weighted by atomic mass is 9.96. The van der Waals surface area contributed by atoms with Crippen molar-refractivity contribution < 1.29 is 0 Å². The van der Waals surface area contributed by atoms with E-state index in [1.165, 1.54) is 66.3 Å². The van der Waals surface area contributed by atoms with E-state index in [-0.39, 0.29) is 0 Å². The Morgan fingerprint density at radius 1 is 0.500 bits per heavy atom. The van der Waals surface area contributed by atoms with Gasteiger partial charge in [-0.15, -0.1) is 0 Å². The summed E-state index contributed by atoms with van der Waals surface area (Å²) in [6, 6.07) is 61.5. The van der Waals surface area contributed by atoms with Crippen molar-refractivity contribution >= 4 is 38.6 Å². The number of hydrogen-bond donors (Lipinski definition) is 1. The first-order valence-electron chi connectivity index (χ1n) is 17.2. The van der Waals surface area contributed by atoms with Crippen LogP contribution in [0.15, 0.2) is 188 Å². The maximum Gasteiger partial charge on any atom is 0.0641 e. The molecular formula is C47H33N3. The number of dihydropyridines is 1. The molecule has 0 unspecified atom stereocenters. The molecule has 7 aromatic carbocycles. The second-order valence-corrected chi connectivity index (χ2v) is 13.0. The number of allylic oxidation sites excluding steroid dienone is 1. The largest absolute Gasteiger partial charge is 0.385 e. The third-order valence-electron chi connectivity index (χ3n) is 10.2. The van der Waals surface area contributed by atoms with Gasteiger partial charge in [-0.25, -0.2) is 0 Å². The molecule has 236 valence electrons. The van der Waals surface area contributed by atoms with E-state index in [0.29, 0.717) is 0 Å². The number of nitrogens with zero attached hydrogens (tertiary/aromatic N) is 2. The van der Waals surface area contributed by atoms with E-state index < -0.39 is 0 Å². The monoisotopic (exact) mass is 639 g/mol. The van der Waals surface area contributed by atoms with E-state index in [1.807, 2.05) is 0 Å². The minimum absolute atomic E-state index is 0.766. The fourth-order valence-electron chi connectivity index (χ4n) is 7.99. The Kier molecular flexibility index (Phi) is 6.56. The van der Waals surface area contributed by atoms with Gasteiger partial charge in [0.05, 0.1) is 28.3 Å². The first kappa shape index (κ1) is 28.4. The molecule has 0 saturated carbocycles. The SMILES string of the molecule is C1=C(c2cccc3ccccc23)CNC=C1N1c2ccccc2-c2c(n(-c3cccc(-c4ccccc4)c3)c3ccccc23)-c2ccccc21. The summed E-state index contributed by atoms with van der Waals surface area (Å²) in [6.07, 6.45) is 4.55. The number of nitrogens with one attached hydrogen (secondary N) is 1. The summed E-state index contributed by atoms with van der Waals surface area (Å²) in [5, 5.41) is 7.41. The molecule has 0 amide bonds. The van der Waals surface area contributed by atoms with Gasteiger partial charge in [0.15, 0.2) is 0 Å². The summed E-state index contributed by atoms with van der Waals surface area (Å²) < 4.78 is 2.47. The van der Waals surface area contributed by atoms with Crippen LogP contribution in [0.5, 0.6) is 0 Å². The summed E-state index contributed by atoms with van der Waals surface area (Å²) in [5.41, 5.74) is 15.5. The standard InChI is InChI=1S/C47H33N3/c1-2-14-32(15-3-1)34-18-12-19-36(28-34)50-44-26-10-7-22-41(44)46-40-21-6-9-25-43(40)49(45-27-11-8-23-42(45)47(46)50)37-29-35(30-48-31-37)39-24-13-17-33-16-4-5-20-38(33)39/h1-29,31,48H,30H2. The highest BCUT2D eigenvalue weighted by Gasteiger charge is 2.32. The average molecular weight is 640 g/mol. The van der Waals surface area contributed by atoms with Gasteiger partial charge in [-0.05, 0) is 69.4 Å². The van der Waals surface area contributed by atoms with Gasteiger partial charge in [0.2, 0.25) is 0 Å². The fraction of sp³-hybridized carbons (Fsp3) is 0.0213. The lowest BCUT2D eigenvalue weighted by Gasteiger charge is -2.30. The van der Waals surface area contributed by atoms with E-state index >= 15 is 0 Å². The molecule has 0 aliphatic carbocycles. The van der Waals surface area contributed by atoms with Crippen LogP contribution in [0.1, 0.15) is 5.56 Å². The lowest BCUT2D eigenvalue weighted by molar-refractivity contribution is 0.956. The first-order chi connectivity index (χ1) is 24.8. The number of aromatic nitrogens is 1. The van der Waals surface area contributed by atoms with Crippen LogP contribution in [0.2, 0.25) is 0 Å². The Morgan fingerprint density at radius 2 is 1.14 bits per heavy atom. The van der Waals surface area contributed by atoms with Gasteiger partial charge >= 0.3 is 0 Å². The summed E-state index contributed by atoms with van der Waals surface area (Å²) in [5.74, 6) is 0. The molecule has 0 saturated heterocycles. The van der Waals surface area contributed by atoms with Crippen molar-refractivity contribution in [1.82, 2.24) is 9.88 Å². The molecule has 3 heterocycles. The number of benzene rings is 7. The Balaban J connectivity index is 1.23. The van der Waals surface area contributed by atoms with Gasteiger partial charge in [0.1, 0.15) is 0 Å². The molecule has 8 aromatic rings. The number of anilines is 2. The molecule has 0 atom stereocenters. The van der Waals surface area contributed by atoms with Crippen LogP contribution >= 0.6 is 0 Å². The molecule has 2 aliphatic rings. The van der Waals surface area contributed by atoms with Crippen molar-refractivity contribution in [3.63, 3.8) is 0 Å². The molecular weight excluding hydrogens is 607 g/mol. The second-order valence-electron chi connectivity index (χ2n) is 13.0. The van der Waals surface area contributed by atoms with Crippen LogP contribution in [-0.4, -0.2) is 11.1 Å². The van der Waals surface area contributed by atoms with Crippen molar-refractivity contribution in [2.24, 2.45) is 0 Å². The average Bonchev–Trinajstić information content (AvgIpc) is 3.47. The highest BCUT2D eigenvalue weighted by Crippen LogP contribution is 2.53. The van der Waals surface area contributed by atoms with Crippen LogP contribution in [0.4, 0.5) is 11.4 Å². The smallest absolute Gasteiger partial charge is 0.0641 e. The summed E-state index contributed by atoms with van der Waals surface area (Å²) in [6.45, 7) is 0.766. The van der Waals surface area contributed by atoms with Crippen molar-refractivity contribution in [3.05, 3.63) is 193 Å². The second kappa shape index (κ2) is 11.5. The zero-order chi connectivity index (χ0) is 33.0. The minimum Gasteiger partial charge on any atom is -0.385 e. The van der Waals surface area contributed by atoms with Gasteiger partial charge in [-0.3, -0.25) is 0 Å². The van der Waals surface area contributed by atoms with E-state index in [0.717, 1.165) is 29.3 Å². The number of hydrogen-bond acceptors (Lipinski definition) is 2. The van der Waals surface area contributed by atoms with Crippen molar-refractivity contribution in [1.29, 1.82) is 0 Å². The van der Waals surface area contributed by atoms with Crippen molar-refractivity contribution in [3.8, 4) is 39.2 Å². The maximum atomic E-state index is 3.65. The van der Waals surface area contributed by atoms with E-state index in [4.69, 9.17) is 0 Å². The quantitative estimate of drug-likeness (QED) is 0.207. The van der Waals surface area contributed by atoms with E-state index in [9.17, 15) is 0 Å². The Bertz CT molecular complexity index is 2650. The third-order valence-corrected chi connectivity index (χ3v) is 10.2. The number of para-hydroxylation sites is 3. The van der Waals surface area contributed by atoms with E-state index in [2.05, 4.69) is 197 Å². The molecule has 2 aliphatic heterocycles. The van der Waals surface area contributed by atoms with Gasteiger partial charge < -0.3 is 14.8 Å². The Morgan fingerprint density at radius 3 is 2.02 bits per heavy atom. The van der Waals surface area contributed by atoms with Gasteiger partial charge in [0, 0.05) is 40.5 Å². The molecule has 3 heteroatoms. The Labute approximate surface area is 291 Å². The molecule has 3 nitrogen and oxygen atoms in total. The molecule has 50 heavy (non-hydrogen) atoms. The maximum absolute atomic E-state index is 3.65. The van der Waals surface area contributed by atoms with Crippen LogP contribution in [0.3, 0.4) is 0 Å². The fourth-order valence-corrected chi connectivity index (χ4v) is 7.99. The molecule has 1 N–H and O–H groups in total. The molecule has 0 bridgehead atoms. The summed E-state index contributed by atoms with van der Waals surface area (Å²) >= 11 is 0. The molecule has 0 fully saturated rings. The van der Waals surface area contributed by atoms with E-state index in [1.54, 1.807) is 0 Å². The van der Waals surface area contributed by atoms with Crippen LogP contribution in [0, 0.1) is 0 Å². The molecule has 0 radical (unpaired) electrons.